The number of esters is 1. The molecule has 0 aromatic carbocycles. The fourth-order valence-electron chi connectivity index (χ4n) is 1.94. The van der Waals surface area contributed by atoms with E-state index >= 15 is 0 Å². The maximum atomic E-state index is 11.3. The van der Waals surface area contributed by atoms with Crippen molar-refractivity contribution in [3.63, 3.8) is 0 Å². The van der Waals surface area contributed by atoms with E-state index in [1.165, 1.54) is 13.5 Å². The first-order chi connectivity index (χ1) is 6.27. The van der Waals surface area contributed by atoms with Gasteiger partial charge in [-0.2, -0.15) is 0 Å². The van der Waals surface area contributed by atoms with Crippen molar-refractivity contribution >= 4 is 5.97 Å². The molecule has 13 heavy (non-hydrogen) atoms. The fourth-order valence-corrected chi connectivity index (χ4v) is 3.46. The maximum absolute atomic E-state index is 11.3. The standard InChI is InChI=1S/C9H17INO2/c1-13-9(12)8-4-2-3-7(5-8)6-10-11/h7-8H,2-6,11H2,1H3/q-1/t7-,8+/m1/s1. The molecule has 78 valence electrons. The average molecular weight is 298 g/mol. The van der Waals surface area contributed by atoms with Crippen LogP contribution in [0.1, 0.15) is 25.7 Å². The molecule has 0 aromatic heterocycles. The molecule has 1 saturated carbocycles. The second kappa shape index (κ2) is 5.80. The topological polar surface area (TPSA) is 52.3 Å². The van der Waals surface area contributed by atoms with E-state index in [9.17, 15) is 4.79 Å². The zero-order chi connectivity index (χ0) is 9.68. The molecule has 1 aliphatic rings. The van der Waals surface area contributed by atoms with Crippen LogP contribution in [0, 0.1) is 11.8 Å². The first kappa shape index (κ1) is 11.2. The quantitative estimate of drug-likeness (QED) is 0.282. The monoisotopic (exact) mass is 298 g/mol. The van der Waals surface area contributed by atoms with Gasteiger partial charge in [0, 0.05) is 0 Å². The minimum absolute atomic E-state index is 0.0279. The van der Waals surface area contributed by atoms with Crippen LogP contribution in [-0.4, -0.2) is 17.5 Å². The minimum atomic E-state index is -0.114. The molecule has 0 bridgehead atoms. The number of carbonyl (C=O) groups excluding carboxylic acids is 1. The van der Waals surface area contributed by atoms with E-state index in [1.54, 1.807) is 0 Å². The van der Waals surface area contributed by atoms with Crippen molar-refractivity contribution < 1.29 is 31.0 Å². The molecule has 0 heterocycles. The van der Waals surface area contributed by atoms with Gasteiger partial charge in [0.25, 0.3) is 0 Å². The summed E-state index contributed by atoms with van der Waals surface area (Å²) in [6, 6.07) is 0. The molecular formula is C9H17INO2-. The van der Waals surface area contributed by atoms with Gasteiger partial charge in [-0.1, -0.05) is 0 Å². The van der Waals surface area contributed by atoms with Gasteiger partial charge >= 0.3 is 90.0 Å². The molecule has 0 aromatic rings. The normalized spacial score (nSPS) is 28.8. The Kier molecular flexibility index (Phi) is 5.01. The van der Waals surface area contributed by atoms with Crippen LogP contribution in [0.5, 0.6) is 0 Å². The SMILES string of the molecule is COC(=O)[C@H]1CCC[C@@H](C[I-]N)C1. The van der Waals surface area contributed by atoms with Crippen molar-refractivity contribution in [2.45, 2.75) is 25.7 Å². The molecule has 0 amide bonds. The molecule has 3 nitrogen and oxygen atoms in total. The number of halogens is 1. The number of ether oxygens (including phenoxy) is 1. The number of methoxy groups -OCH3 is 1. The molecule has 0 aliphatic heterocycles. The van der Waals surface area contributed by atoms with E-state index in [1.807, 2.05) is 0 Å². The second-order valence-corrected chi connectivity index (χ2v) is 5.32. The Labute approximate surface area is 90.0 Å². The van der Waals surface area contributed by atoms with Crippen molar-refractivity contribution in [1.29, 1.82) is 0 Å². The van der Waals surface area contributed by atoms with Gasteiger partial charge in [-0.05, 0) is 0 Å². The molecule has 0 radical (unpaired) electrons. The summed E-state index contributed by atoms with van der Waals surface area (Å²) in [5, 5.41) is 0. The summed E-state index contributed by atoms with van der Waals surface area (Å²) in [5.41, 5.74) is 0. The zero-order valence-electron chi connectivity index (χ0n) is 7.96. The van der Waals surface area contributed by atoms with Crippen molar-refractivity contribution in [1.82, 2.24) is 0 Å². The predicted octanol–water partition coefficient (Wildman–Crippen LogP) is -2.07. The molecule has 1 rings (SSSR count). The molecule has 0 spiro atoms. The molecule has 2 N–H and O–H groups in total. The number of hydrogen-bond acceptors (Lipinski definition) is 3. The second-order valence-electron chi connectivity index (χ2n) is 3.56. The first-order valence-corrected chi connectivity index (χ1v) is 7.40. The first-order valence-electron chi connectivity index (χ1n) is 4.63. The molecule has 2 atom stereocenters. The summed E-state index contributed by atoms with van der Waals surface area (Å²) in [6.45, 7) is 0. The van der Waals surface area contributed by atoms with Crippen LogP contribution < -0.4 is 25.4 Å². The molecular weight excluding hydrogens is 281 g/mol. The summed E-state index contributed by atoms with van der Waals surface area (Å²) >= 11 is -0.114. The number of rotatable bonds is 3. The van der Waals surface area contributed by atoms with Gasteiger partial charge in [-0.15, -0.1) is 0 Å². The molecule has 0 unspecified atom stereocenters. The van der Waals surface area contributed by atoms with Gasteiger partial charge in [0.1, 0.15) is 0 Å². The summed E-state index contributed by atoms with van der Waals surface area (Å²) in [4.78, 5) is 11.3. The molecule has 0 saturated heterocycles. The van der Waals surface area contributed by atoms with E-state index in [0.717, 1.165) is 23.7 Å². The number of carbonyl (C=O) groups is 1. The van der Waals surface area contributed by atoms with Crippen molar-refractivity contribution in [3.8, 4) is 0 Å². The third-order valence-corrected chi connectivity index (χ3v) is 4.38. The van der Waals surface area contributed by atoms with Crippen LogP contribution in [-0.2, 0) is 9.53 Å². The van der Waals surface area contributed by atoms with Gasteiger partial charge in [0.2, 0.25) is 0 Å². The molecule has 1 fully saturated rings. The zero-order valence-corrected chi connectivity index (χ0v) is 10.1. The Morgan fingerprint density at radius 1 is 1.62 bits per heavy atom. The Bertz CT molecular complexity index is 173. The fraction of sp³-hybridized carbons (Fsp3) is 0.889. The van der Waals surface area contributed by atoms with E-state index in [2.05, 4.69) is 0 Å². The third-order valence-electron chi connectivity index (χ3n) is 2.62. The van der Waals surface area contributed by atoms with Gasteiger partial charge in [-0.25, -0.2) is 0 Å². The van der Waals surface area contributed by atoms with Gasteiger partial charge in [-0.3, -0.25) is 0 Å². The van der Waals surface area contributed by atoms with Crippen LogP contribution in [0.4, 0.5) is 0 Å². The molecule has 4 heteroatoms. The predicted molar refractivity (Wildman–Crippen MR) is 46.5 cm³/mol. The summed E-state index contributed by atoms with van der Waals surface area (Å²) in [7, 11) is 1.47. The van der Waals surface area contributed by atoms with Crippen LogP contribution >= 0.6 is 0 Å². The Balaban J connectivity index is 2.37. The Hall–Kier alpha value is 0.160. The third kappa shape index (κ3) is 3.42. The summed E-state index contributed by atoms with van der Waals surface area (Å²) in [6.07, 6.45) is 4.42. The van der Waals surface area contributed by atoms with Crippen LogP contribution in [0.25, 0.3) is 0 Å². The van der Waals surface area contributed by atoms with E-state index in [0.29, 0.717) is 5.92 Å². The van der Waals surface area contributed by atoms with Crippen LogP contribution in [0.15, 0.2) is 0 Å². The van der Waals surface area contributed by atoms with E-state index < -0.39 is 0 Å². The van der Waals surface area contributed by atoms with Crippen LogP contribution in [0.3, 0.4) is 0 Å². The van der Waals surface area contributed by atoms with Gasteiger partial charge in [0.15, 0.2) is 0 Å². The number of hydrogen-bond donors (Lipinski definition) is 1. The van der Waals surface area contributed by atoms with Crippen LogP contribution in [0.2, 0.25) is 0 Å². The number of nitrogens with two attached hydrogens (primary N) is 1. The summed E-state index contributed by atoms with van der Waals surface area (Å²) in [5.74, 6) is 0.815. The number of alkyl halides is 1. The Morgan fingerprint density at radius 2 is 2.38 bits per heavy atom. The van der Waals surface area contributed by atoms with Crippen molar-refractivity contribution in [2.75, 3.05) is 11.5 Å². The van der Waals surface area contributed by atoms with Gasteiger partial charge < -0.3 is 0 Å². The van der Waals surface area contributed by atoms with E-state index in [-0.39, 0.29) is 33.4 Å². The van der Waals surface area contributed by atoms with E-state index in [4.69, 9.17) is 8.68 Å². The van der Waals surface area contributed by atoms with Crippen molar-refractivity contribution in [3.05, 3.63) is 0 Å². The Morgan fingerprint density at radius 3 is 3.00 bits per heavy atom. The van der Waals surface area contributed by atoms with Crippen molar-refractivity contribution in [2.24, 2.45) is 15.8 Å². The van der Waals surface area contributed by atoms with Gasteiger partial charge in [0.05, 0.1) is 0 Å². The summed E-state index contributed by atoms with van der Waals surface area (Å²) < 4.78 is 11.5. The average Bonchev–Trinajstić information content (AvgIpc) is 2.18. The molecule has 1 aliphatic carbocycles.